The molecule has 1 aliphatic heterocycles. The quantitative estimate of drug-likeness (QED) is 0.469. The van der Waals surface area contributed by atoms with E-state index in [1.165, 1.54) is 23.5 Å². The summed E-state index contributed by atoms with van der Waals surface area (Å²) in [5.41, 5.74) is 4.08. The maximum atomic E-state index is 12.0. The van der Waals surface area contributed by atoms with Gasteiger partial charge >= 0.3 is 0 Å². The van der Waals surface area contributed by atoms with Gasteiger partial charge in [0.05, 0.1) is 12.3 Å². The van der Waals surface area contributed by atoms with Crippen molar-refractivity contribution in [1.82, 2.24) is 25.3 Å². The summed E-state index contributed by atoms with van der Waals surface area (Å²) in [6.45, 7) is 3.76. The van der Waals surface area contributed by atoms with E-state index in [0.29, 0.717) is 24.0 Å². The zero-order valence-electron chi connectivity index (χ0n) is 18.0. The standard InChI is InChI=1S/C21H26N8O2S/c1-3-32(30,31)28-20-18(23-10-11-24-20)14-29(2)19-7-9-25-21(27-19)26-17-5-4-16-13-22-8-6-15(16)12-17/h4-5,7,9-12,22H,3,6,8,13-14H2,1-2H3,(H,24,28)(H,25,26,27). The number of anilines is 4. The molecule has 0 fully saturated rings. The maximum absolute atomic E-state index is 12.0. The molecule has 168 valence electrons. The van der Waals surface area contributed by atoms with Crippen molar-refractivity contribution in [2.45, 2.75) is 26.4 Å². The molecule has 0 saturated heterocycles. The third kappa shape index (κ3) is 5.29. The van der Waals surface area contributed by atoms with Crippen LogP contribution in [0.1, 0.15) is 23.7 Å². The second kappa shape index (κ2) is 9.45. The highest BCUT2D eigenvalue weighted by molar-refractivity contribution is 7.92. The van der Waals surface area contributed by atoms with Gasteiger partial charge in [-0.2, -0.15) is 4.98 Å². The molecule has 3 heterocycles. The minimum atomic E-state index is -3.45. The zero-order valence-corrected chi connectivity index (χ0v) is 18.9. The topological polar surface area (TPSA) is 125 Å². The van der Waals surface area contributed by atoms with Crippen molar-refractivity contribution in [2.24, 2.45) is 0 Å². The predicted molar refractivity (Wildman–Crippen MR) is 124 cm³/mol. The highest BCUT2D eigenvalue weighted by Crippen LogP contribution is 2.22. The molecule has 32 heavy (non-hydrogen) atoms. The van der Waals surface area contributed by atoms with E-state index in [9.17, 15) is 8.42 Å². The average Bonchev–Trinajstić information content (AvgIpc) is 2.80. The Morgan fingerprint density at radius 2 is 1.94 bits per heavy atom. The Balaban J connectivity index is 1.49. The molecule has 0 unspecified atom stereocenters. The molecule has 0 saturated carbocycles. The van der Waals surface area contributed by atoms with Gasteiger partial charge in [-0.25, -0.2) is 18.4 Å². The zero-order chi connectivity index (χ0) is 22.6. The van der Waals surface area contributed by atoms with E-state index in [2.05, 4.69) is 47.4 Å². The fourth-order valence-corrected chi connectivity index (χ4v) is 4.01. The molecule has 0 amide bonds. The molecule has 10 nitrogen and oxygen atoms in total. The summed E-state index contributed by atoms with van der Waals surface area (Å²) in [6.07, 6.45) is 5.67. The number of fused-ring (bicyclic) bond motifs is 1. The van der Waals surface area contributed by atoms with E-state index in [4.69, 9.17) is 0 Å². The summed E-state index contributed by atoms with van der Waals surface area (Å²) in [5, 5.41) is 6.65. The summed E-state index contributed by atoms with van der Waals surface area (Å²) in [6, 6.07) is 8.07. The molecule has 0 atom stereocenters. The fraction of sp³-hybridized carbons (Fsp3) is 0.333. The van der Waals surface area contributed by atoms with E-state index in [1.54, 1.807) is 19.2 Å². The Morgan fingerprint density at radius 1 is 1.09 bits per heavy atom. The lowest BCUT2D eigenvalue weighted by Crippen LogP contribution is -2.23. The fourth-order valence-electron chi connectivity index (χ4n) is 3.40. The van der Waals surface area contributed by atoms with Gasteiger partial charge < -0.3 is 15.5 Å². The van der Waals surface area contributed by atoms with Gasteiger partial charge in [-0.3, -0.25) is 9.71 Å². The van der Waals surface area contributed by atoms with E-state index >= 15 is 0 Å². The lowest BCUT2D eigenvalue weighted by molar-refractivity contribution is 0.602. The van der Waals surface area contributed by atoms with Crippen LogP contribution in [-0.4, -0.2) is 47.7 Å². The molecule has 1 aliphatic rings. The monoisotopic (exact) mass is 454 g/mol. The van der Waals surface area contributed by atoms with Crippen LogP contribution in [0.25, 0.3) is 0 Å². The Hall–Kier alpha value is -3.31. The van der Waals surface area contributed by atoms with Gasteiger partial charge in [0.2, 0.25) is 16.0 Å². The molecule has 0 aliphatic carbocycles. The van der Waals surface area contributed by atoms with Gasteiger partial charge in [0, 0.05) is 37.9 Å². The van der Waals surface area contributed by atoms with Crippen molar-refractivity contribution in [2.75, 3.05) is 34.3 Å². The number of rotatable bonds is 8. The minimum Gasteiger partial charge on any atom is -0.353 e. The van der Waals surface area contributed by atoms with Gasteiger partial charge in [-0.05, 0) is 49.2 Å². The summed E-state index contributed by atoms with van der Waals surface area (Å²) in [5.74, 6) is 1.32. The molecule has 0 radical (unpaired) electrons. The number of sulfonamides is 1. The lowest BCUT2D eigenvalue weighted by Gasteiger charge is -2.20. The number of hydrogen-bond acceptors (Lipinski definition) is 9. The van der Waals surface area contributed by atoms with Gasteiger partial charge in [-0.15, -0.1) is 0 Å². The largest absolute Gasteiger partial charge is 0.353 e. The highest BCUT2D eigenvalue weighted by atomic mass is 32.2. The molecule has 0 spiro atoms. The minimum absolute atomic E-state index is 0.0427. The summed E-state index contributed by atoms with van der Waals surface area (Å²) >= 11 is 0. The summed E-state index contributed by atoms with van der Waals surface area (Å²) < 4.78 is 26.4. The van der Waals surface area contributed by atoms with Crippen LogP contribution in [0.2, 0.25) is 0 Å². The normalized spacial score (nSPS) is 13.3. The lowest BCUT2D eigenvalue weighted by atomic mass is 10.0. The Bertz CT molecular complexity index is 1200. The van der Waals surface area contributed by atoms with Gasteiger partial charge in [0.15, 0.2) is 5.82 Å². The third-order valence-electron chi connectivity index (χ3n) is 5.17. The number of aromatic nitrogens is 4. The highest BCUT2D eigenvalue weighted by Gasteiger charge is 2.15. The van der Waals surface area contributed by atoms with Crippen molar-refractivity contribution in [3.8, 4) is 0 Å². The van der Waals surface area contributed by atoms with Crippen molar-refractivity contribution in [3.63, 3.8) is 0 Å². The number of hydrogen-bond donors (Lipinski definition) is 3. The summed E-state index contributed by atoms with van der Waals surface area (Å²) in [4.78, 5) is 19.2. The first-order valence-electron chi connectivity index (χ1n) is 10.4. The molecule has 1 aromatic carbocycles. The third-order valence-corrected chi connectivity index (χ3v) is 6.44. The van der Waals surface area contributed by atoms with E-state index in [-0.39, 0.29) is 11.6 Å². The van der Waals surface area contributed by atoms with Crippen molar-refractivity contribution in [3.05, 3.63) is 59.7 Å². The van der Waals surface area contributed by atoms with Crippen LogP contribution in [0, 0.1) is 0 Å². The van der Waals surface area contributed by atoms with Crippen LogP contribution in [0.5, 0.6) is 0 Å². The first kappa shape index (κ1) is 21.9. The van der Waals surface area contributed by atoms with E-state index < -0.39 is 10.0 Å². The van der Waals surface area contributed by atoms with Crippen molar-refractivity contribution in [1.29, 1.82) is 0 Å². The number of nitrogens with zero attached hydrogens (tertiary/aromatic N) is 5. The molecule has 4 rings (SSSR count). The molecule has 0 bridgehead atoms. The van der Waals surface area contributed by atoms with E-state index in [1.807, 2.05) is 18.0 Å². The second-order valence-corrected chi connectivity index (χ2v) is 9.50. The average molecular weight is 455 g/mol. The van der Waals surface area contributed by atoms with Crippen LogP contribution in [0.3, 0.4) is 0 Å². The van der Waals surface area contributed by atoms with Crippen molar-refractivity contribution >= 4 is 33.3 Å². The predicted octanol–water partition coefficient (Wildman–Crippen LogP) is 2.05. The molecular formula is C21H26N8O2S. The second-order valence-electron chi connectivity index (χ2n) is 7.49. The first-order chi connectivity index (χ1) is 15.4. The smallest absolute Gasteiger partial charge is 0.233 e. The first-order valence-corrected chi connectivity index (χ1v) is 12.0. The van der Waals surface area contributed by atoms with Gasteiger partial charge in [-0.1, -0.05) is 6.07 Å². The van der Waals surface area contributed by atoms with Crippen LogP contribution < -0.4 is 20.3 Å². The molecule has 3 aromatic rings. The molecule has 3 N–H and O–H groups in total. The SMILES string of the molecule is CCS(=O)(=O)Nc1nccnc1CN(C)c1ccnc(Nc2ccc3c(c2)CCNC3)n1. The Morgan fingerprint density at radius 3 is 2.78 bits per heavy atom. The van der Waals surface area contributed by atoms with Crippen LogP contribution in [-0.2, 0) is 29.5 Å². The van der Waals surface area contributed by atoms with Gasteiger partial charge in [0.25, 0.3) is 0 Å². The van der Waals surface area contributed by atoms with Crippen LogP contribution in [0.15, 0.2) is 42.9 Å². The Kier molecular flexibility index (Phi) is 6.47. The van der Waals surface area contributed by atoms with Crippen LogP contribution in [0.4, 0.5) is 23.3 Å². The van der Waals surface area contributed by atoms with Gasteiger partial charge in [0.1, 0.15) is 11.5 Å². The number of benzene rings is 1. The summed E-state index contributed by atoms with van der Waals surface area (Å²) in [7, 11) is -1.60. The number of nitrogens with one attached hydrogen (secondary N) is 3. The maximum Gasteiger partial charge on any atom is 0.233 e. The molecule has 11 heteroatoms. The van der Waals surface area contributed by atoms with Crippen molar-refractivity contribution < 1.29 is 8.42 Å². The van der Waals surface area contributed by atoms with Crippen LogP contribution >= 0.6 is 0 Å². The Labute approximate surface area is 187 Å². The molecular weight excluding hydrogens is 428 g/mol. The van der Waals surface area contributed by atoms with E-state index in [0.717, 1.165) is 25.2 Å². The molecule has 2 aromatic heterocycles.